The van der Waals surface area contributed by atoms with Crippen LogP contribution in [0.5, 0.6) is 0 Å². The first-order valence-electron chi connectivity index (χ1n) is 8.67. The number of nitrogens with one attached hydrogen (secondary N) is 3. The van der Waals surface area contributed by atoms with E-state index in [1.165, 1.54) is 0 Å². The fourth-order valence-corrected chi connectivity index (χ4v) is 3.22. The van der Waals surface area contributed by atoms with Gasteiger partial charge in [-0.25, -0.2) is 18.1 Å². The van der Waals surface area contributed by atoms with Gasteiger partial charge in [0, 0.05) is 25.6 Å². The molecule has 0 fully saturated rings. The molecule has 0 atom stereocenters. The number of rotatable bonds is 7. The molecule has 0 aliphatic rings. The van der Waals surface area contributed by atoms with Crippen LogP contribution in [0.1, 0.15) is 32.4 Å². The predicted octanol–water partition coefficient (Wildman–Crippen LogP) is 1.62. The van der Waals surface area contributed by atoms with Crippen LogP contribution >= 0.6 is 0 Å². The van der Waals surface area contributed by atoms with Gasteiger partial charge in [0.25, 0.3) is 0 Å². The molecule has 9 heteroatoms. The molecule has 0 saturated carbocycles. The summed E-state index contributed by atoms with van der Waals surface area (Å²) in [6.45, 7) is 7.16. The van der Waals surface area contributed by atoms with Crippen LogP contribution < -0.4 is 15.4 Å². The first kappa shape index (κ1) is 20.9. The summed E-state index contributed by atoms with van der Waals surface area (Å²) in [7, 11) is -1.87. The summed E-state index contributed by atoms with van der Waals surface area (Å²) in [5.74, 6) is 1.91. The Morgan fingerprint density at radius 3 is 2.44 bits per heavy atom. The van der Waals surface area contributed by atoms with E-state index in [1.807, 2.05) is 0 Å². The molecule has 2 aromatic rings. The van der Waals surface area contributed by atoms with E-state index in [9.17, 15) is 8.42 Å². The molecule has 2 rings (SSSR count). The number of benzene rings is 1. The van der Waals surface area contributed by atoms with Crippen LogP contribution in [0.4, 0.5) is 0 Å². The molecule has 0 spiro atoms. The zero-order chi connectivity index (χ0) is 19.9. The number of nitrogens with zero attached hydrogens (tertiary/aromatic N) is 2. The lowest BCUT2D eigenvalue weighted by Gasteiger charge is -2.13. The molecular formula is C18H27N5O3S. The van der Waals surface area contributed by atoms with Gasteiger partial charge in [0.2, 0.25) is 15.9 Å². The maximum absolute atomic E-state index is 12.1. The van der Waals surface area contributed by atoms with Crippen LogP contribution in [0.25, 0.3) is 0 Å². The lowest BCUT2D eigenvalue weighted by atomic mass is 9.94. The van der Waals surface area contributed by atoms with Crippen molar-refractivity contribution in [2.75, 3.05) is 20.1 Å². The summed E-state index contributed by atoms with van der Waals surface area (Å²) in [5, 5.41) is 6.13. The Bertz CT molecular complexity index is 855. The van der Waals surface area contributed by atoms with Gasteiger partial charge in [0.15, 0.2) is 5.96 Å². The van der Waals surface area contributed by atoms with Gasteiger partial charge in [-0.05, 0) is 12.1 Å². The maximum atomic E-state index is 12.1. The molecular weight excluding hydrogens is 366 g/mol. The number of oxazole rings is 1. The highest BCUT2D eigenvalue weighted by atomic mass is 32.2. The molecule has 1 aromatic carbocycles. The molecule has 0 unspecified atom stereocenters. The molecule has 3 N–H and O–H groups in total. The Morgan fingerprint density at radius 2 is 1.85 bits per heavy atom. The van der Waals surface area contributed by atoms with Crippen LogP contribution in [0.3, 0.4) is 0 Å². The Labute approximate surface area is 160 Å². The fourth-order valence-electron chi connectivity index (χ4n) is 2.17. The minimum atomic E-state index is -3.51. The number of aromatic nitrogens is 1. The Morgan fingerprint density at radius 1 is 1.15 bits per heavy atom. The number of guanidine groups is 1. The van der Waals surface area contributed by atoms with Crippen molar-refractivity contribution >= 4 is 16.0 Å². The molecule has 0 bridgehead atoms. The van der Waals surface area contributed by atoms with E-state index in [2.05, 4.69) is 46.1 Å². The summed E-state index contributed by atoms with van der Waals surface area (Å²) < 4.78 is 32.5. The molecule has 27 heavy (non-hydrogen) atoms. The normalized spacial score (nSPS) is 12.8. The zero-order valence-corrected chi connectivity index (χ0v) is 16.9. The Hall–Kier alpha value is -2.39. The third kappa shape index (κ3) is 6.37. The van der Waals surface area contributed by atoms with E-state index in [1.54, 1.807) is 43.6 Å². The van der Waals surface area contributed by atoms with Gasteiger partial charge in [-0.3, -0.25) is 4.99 Å². The van der Waals surface area contributed by atoms with Gasteiger partial charge in [-0.1, -0.05) is 39.0 Å². The third-order valence-corrected chi connectivity index (χ3v) is 5.16. The molecule has 1 aromatic heterocycles. The number of hydrogen-bond acceptors (Lipinski definition) is 5. The van der Waals surface area contributed by atoms with Crippen molar-refractivity contribution in [1.29, 1.82) is 0 Å². The van der Waals surface area contributed by atoms with Gasteiger partial charge in [-0.15, -0.1) is 0 Å². The van der Waals surface area contributed by atoms with Crippen LogP contribution in [0.2, 0.25) is 0 Å². The summed E-state index contributed by atoms with van der Waals surface area (Å²) in [6.07, 6.45) is 1.73. The molecule has 1 heterocycles. The molecule has 0 saturated heterocycles. The van der Waals surface area contributed by atoms with Crippen molar-refractivity contribution in [3.63, 3.8) is 0 Å². The van der Waals surface area contributed by atoms with Crippen LogP contribution in [0.15, 0.2) is 50.8 Å². The fraction of sp³-hybridized carbons (Fsp3) is 0.444. The van der Waals surface area contributed by atoms with Gasteiger partial charge in [-0.2, -0.15) is 0 Å². The van der Waals surface area contributed by atoms with E-state index in [0.717, 1.165) is 5.76 Å². The van der Waals surface area contributed by atoms with E-state index in [-0.39, 0.29) is 16.9 Å². The van der Waals surface area contributed by atoms with Crippen molar-refractivity contribution in [3.8, 4) is 0 Å². The molecule has 0 radical (unpaired) electrons. The summed E-state index contributed by atoms with van der Waals surface area (Å²) in [6, 6.07) is 8.25. The van der Waals surface area contributed by atoms with Gasteiger partial charge in [0.1, 0.15) is 5.76 Å². The molecule has 0 aliphatic heterocycles. The van der Waals surface area contributed by atoms with Gasteiger partial charge >= 0.3 is 0 Å². The number of sulfonamides is 1. The smallest absolute Gasteiger partial charge is 0.240 e. The van der Waals surface area contributed by atoms with Crippen molar-refractivity contribution in [1.82, 2.24) is 20.3 Å². The second-order valence-electron chi connectivity index (χ2n) is 6.93. The lowest BCUT2D eigenvalue weighted by Crippen LogP contribution is -2.41. The Balaban J connectivity index is 1.77. The molecule has 0 amide bonds. The van der Waals surface area contributed by atoms with Crippen molar-refractivity contribution in [2.24, 2.45) is 4.99 Å². The van der Waals surface area contributed by atoms with Crippen LogP contribution in [0, 0.1) is 0 Å². The Kier molecular flexibility index (Phi) is 6.98. The largest absolute Gasteiger partial charge is 0.443 e. The quantitative estimate of drug-likeness (QED) is 0.375. The maximum Gasteiger partial charge on any atom is 0.240 e. The first-order valence-corrected chi connectivity index (χ1v) is 10.1. The monoisotopic (exact) mass is 393 g/mol. The first-order chi connectivity index (χ1) is 12.7. The molecule has 0 aliphatic carbocycles. The second-order valence-corrected chi connectivity index (χ2v) is 8.70. The lowest BCUT2D eigenvalue weighted by molar-refractivity contribution is 0.379. The van der Waals surface area contributed by atoms with Crippen molar-refractivity contribution in [2.45, 2.75) is 37.6 Å². The van der Waals surface area contributed by atoms with Gasteiger partial charge in [0.05, 0.1) is 17.6 Å². The second kappa shape index (κ2) is 9.01. The number of aliphatic imine (C=N–C) groups is 1. The van der Waals surface area contributed by atoms with E-state index in [0.29, 0.717) is 24.9 Å². The van der Waals surface area contributed by atoms with E-state index >= 15 is 0 Å². The minimum Gasteiger partial charge on any atom is -0.443 e. The van der Waals surface area contributed by atoms with Gasteiger partial charge < -0.3 is 15.1 Å². The minimum absolute atomic E-state index is 0.0961. The third-order valence-electron chi connectivity index (χ3n) is 3.69. The van der Waals surface area contributed by atoms with Crippen LogP contribution in [-0.4, -0.2) is 39.5 Å². The van der Waals surface area contributed by atoms with Crippen molar-refractivity contribution in [3.05, 3.63) is 48.2 Å². The zero-order valence-electron chi connectivity index (χ0n) is 16.1. The van der Waals surface area contributed by atoms with Crippen molar-refractivity contribution < 1.29 is 12.8 Å². The summed E-state index contributed by atoms with van der Waals surface area (Å²) >= 11 is 0. The summed E-state index contributed by atoms with van der Waals surface area (Å²) in [5.41, 5.74) is -0.0961. The highest BCUT2D eigenvalue weighted by Gasteiger charge is 2.19. The highest BCUT2D eigenvalue weighted by Crippen LogP contribution is 2.22. The molecule has 148 valence electrons. The standard InChI is InChI=1S/C18H27N5O3S/c1-18(2,3)15-12-21-16(26-15)13-22-17(19-4)20-10-11-23-27(24,25)14-8-6-5-7-9-14/h5-9,12,23H,10-11,13H2,1-4H3,(H2,19,20,22). The van der Waals surface area contributed by atoms with Crippen LogP contribution in [-0.2, 0) is 22.0 Å². The average molecular weight is 394 g/mol. The highest BCUT2D eigenvalue weighted by molar-refractivity contribution is 7.89. The average Bonchev–Trinajstić information content (AvgIpc) is 3.11. The topological polar surface area (TPSA) is 109 Å². The predicted molar refractivity (Wildman–Crippen MR) is 105 cm³/mol. The SMILES string of the molecule is CN=C(NCCNS(=O)(=O)c1ccccc1)NCc1ncc(C(C)(C)C)o1. The summed E-state index contributed by atoms with van der Waals surface area (Å²) in [4.78, 5) is 8.59. The molecule has 8 nitrogen and oxygen atoms in total. The van der Waals surface area contributed by atoms with E-state index in [4.69, 9.17) is 4.42 Å². The van der Waals surface area contributed by atoms with E-state index < -0.39 is 10.0 Å². The number of hydrogen-bond donors (Lipinski definition) is 3.